The van der Waals surface area contributed by atoms with Crippen LogP contribution in [0.25, 0.3) is 5.65 Å². The Kier molecular flexibility index (Phi) is 5.61. The average Bonchev–Trinajstić information content (AvgIpc) is 3.19. The van der Waals surface area contributed by atoms with Gasteiger partial charge in [0.1, 0.15) is 17.9 Å². The second-order valence-electron chi connectivity index (χ2n) is 6.91. The number of hydrogen-bond donors (Lipinski definition) is 2. The van der Waals surface area contributed by atoms with Crippen LogP contribution in [0, 0.1) is 6.92 Å². The van der Waals surface area contributed by atoms with Crippen LogP contribution in [0.2, 0.25) is 0 Å². The number of ether oxygens (including phenoxy) is 1. The molecule has 7 heteroatoms. The molecule has 0 aliphatic carbocycles. The molecule has 0 unspecified atom stereocenters. The Bertz CT molecular complexity index is 1210. The number of amides is 1. The molecule has 0 fully saturated rings. The number of para-hydroxylation sites is 1. The number of carbonyl (C=O) groups excluding carboxylic acids is 1. The van der Waals surface area contributed by atoms with Crippen LogP contribution in [0.3, 0.4) is 0 Å². The number of aromatic nitrogens is 3. The molecule has 0 aliphatic heterocycles. The van der Waals surface area contributed by atoms with Gasteiger partial charge in [0.05, 0.1) is 6.54 Å². The predicted molar refractivity (Wildman–Crippen MR) is 114 cm³/mol. The first-order valence-electron chi connectivity index (χ1n) is 9.73. The van der Waals surface area contributed by atoms with Gasteiger partial charge in [0.2, 0.25) is 0 Å². The largest absolute Gasteiger partial charge is 0.492 e. The molecule has 2 heterocycles. The Balaban J connectivity index is 1.48. The van der Waals surface area contributed by atoms with Crippen LogP contribution in [0.5, 0.6) is 5.75 Å². The Labute approximate surface area is 173 Å². The SMILES string of the molecule is Cc1nc2c(C(=O)NCCOc3ccccc3)c[nH]n2c(=O)c1Cc1ccccc1. The van der Waals surface area contributed by atoms with E-state index in [2.05, 4.69) is 15.4 Å². The first-order chi connectivity index (χ1) is 14.6. The number of carbonyl (C=O) groups is 1. The highest BCUT2D eigenvalue weighted by Crippen LogP contribution is 2.13. The summed E-state index contributed by atoms with van der Waals surface area (Å²) in [4.78, 5) is 30.1. The van der Waals surface area contributed by atoms with Gasteiger partial charge in [0.25, 0.3) is 11.5 Å². The van der Waals surface area contributed by atoms with Gasteiger partial charge in [-0.05, 0) is 24.6 Å². The van der Waals surface area contributed by atoms with Crippen molar-refractivity contribution in [3.63, 3.8) is 0 Å². The smallest absolute Gasteiger partial charge is 0.276 e. The molecule has 0 bridgehead atoms. The third-order valence-electron chi connectivity index (χ3n) is 4.83. The topological polar surface area (TPSA) is 88.5 Å². The standard InChI is InChI=1S/C23H22N4O3/c1-16-19(14-17-8-4-2-5-9-17)23(29)27-21(26-16)20(15-25-27)22(28)24-12-13-30-18-10-6-3-7-11-18/h2-11,15,25H,12-14H2,1H3,(H,24,28). The number of nitrogens with one attached hydrogen (secondary N) is 2. The van der Waals surface area contributed by atoms with E-state index in [4.69, 9.17) is 4.74 Å². The van der Waals surface area contributed by atoms with Crippen molar-refractivity contribution in [1.29, 1.82) is 0 Å². The van der Waals surface area contributed by atoms with E-state index >= 15 is 0 Å². The van der Waals surface area contributed by atoms with Crippen LogP contribution in [0.4, 0.5) is 0 Å². The van der Waals surface area contributed by atoms with Gasteiger partial charge in [-0.15, -0.1) is 0 Å². The lowest BCUT2D eigenvalue weighted by atomic mass is 10.1. The van der Waals surface area contributed by atoms with Gasteiger partial charge in [-0.3, -0.25) is 14.7 Å². The zero-order chi connectivity index (χ0) is 20.9. The fourth-order valence-electron chi connectivity index (χ4n) is 3.27. The molecule has 4 aromatic rings. The maximum Gasteiger partial charge on any atom is 0.276 e. The van der Waals surface area contributed by atoms with E-state index < -0.39 is 0 Å². The summed E-state index contributed by atoms with van der Waals surface area (Å²) in [5.41, 5.74) is 2.68. The molecule has 2 aromatic heterocycles. The molecule has 30 heavy (non-hydrogen) atoms. The van der Waals surface area contributed by atoms with Crippen molar-refractivity contribution in [2.45, 2.75) is 13.3 Å². The zero-order valence-electron chi connectivity index (χ0n) is 16.6. The van der Waals surface area contributed by atoms with E-state index in [1.165, 1.54) is 10.7 Å². The summed E-state index contributed by atoms with van der Waals surface area (Å²) in [5.74, 6) is 0.432. The molecule has 2 N–H and O–H groups in total. The maximum atomic E-state index is 12.9. The maximum absolute atomic E-state index is 12.9. The Morgan fingerprint density at radius 3 is 2.53 bits per heavy atom. The highest BCUT2D eigenvalue weighted by molar-refractivity contribution is 5.99. The van der Waals surface area contributed by atoms with E-state index in [9.17, 15) is 9.59 Å². The van der Waals surface area contributed by atoms with Gasteiger partial charge in [0.15, 0.2) is 5.65 Å². The van der Waals surface area contributed by atoms with Crippen molar-refractivity contribution < 1.29 is 9.53 Å². The normalized spacial score (nSPS) is 10.8. The van der Waals surface area contributed by atoms with E-state index in [1.54, 1.807) is 6.92 Å². The van der Waals surface area contributed by atoms with Crippen LogP contribution in [0.1, 0.15) is 27.2 Å². The molecule has 0 atom stereocenters. The molecule has 4 rings (SSSR count). The molecular formula is C23H22N4O3. The van der Waals surface area contributed by atoms with Crippen molar-refractivity contribution in [3.8, 4) is 5.75 Å². The highest BCUT2D eigenvalue weighted by Gasteiger charge is 2.18. The van der Waals surface area contributed by atoms with Gasteiger partial charge < -0.3 is 10.1 Å². The van der Waals surface area contributed by atoms with Crippen molar-refractivity contribution in [1.82, 2.24) is 19.9 Å². The van der Waals surface area contributed by atoms with Crippen LogP contribution >= 0.6 is 0 Å². The minimum absolute atomic E-state index is 0.201. The fourth-order valence-corrected chi connectivity index (χ4v) is 3.27. The van der Waals surface area contributed by atoms with Crippen LogP contribution in [-0.2, 0) is 6.42 Å². The number of hydrogen-bond acceptors (Lipinski definition) is 4. The fraction of sp³-hybridized carbons (Fsp3) is 0.174. The third-order valence-corrected chi connectivity index (χ3v) is 4.83. The second-order valence-corrected chi connectivity index (χ2v) is 6.91. The molecule has 1 amide bonds. The highest BCUT2D eigenvalue weighted by atomic mass is 16.5. The van der Waals surface area contributed by atoms with E-state index in [1.807, 2.05) is 60.7 Å². The lowest BCUT2D eigenvalue weighted by molar-refractivity contribution is 0.0948. The minimum atomic E-state index is -0.312. The molecule has 0 aliphatic rings. The van der Waals surface area contributed by atoms with Gasteiger partial charge in [-0.2, -0.15) is 0 Å². The Hall–Kier alpha value is -3.87. The summed E-state index contributed by atoms with van der Waals surface area (Å²) in [6.45, 7) is 2.47. The first-order valence-corrected chi connectivity index (χ1v) is 9.73. The van der Waals surface area contributed by atoms with Crippen molar-refractivity contribution in [3.05, 3.63) is 99.6 Å². The lowest BCUT2D eigenvalue weighted by Crippen LogP contribution is -2.28. The molecule has 2 aromatic carbocycles. The first kappa shape index (κ1) is 19.4. The number of aromatic amines is 1. The van der Waals surface area contributed by atoms with Crippen LogP contribution in [-0.4, -0.2) is 33.7 Å². The van der Waals surface area contributed by atoms with Gasteiger partial charge in [-0.25, -0.2) is 9.50 Å². The van der Waals surface area contributed by atoms with Gasteiger partial charge in [-0.1, -0.05) is 48.5 Å². The molecule has 0 saturated carbocycles. The zero-order valence-corrected chi connectivity index (χ0v) is 16.6. The summed E-state index contributed by atoms with van der Waals surface area (Å²) in [5, 5.41) is 5.66. The quantitative estimate of drug-likeness (QED) is 0.465. The minimum Gasteiger partial charge on any atom is -0.492 e. The molecular weight excluding hydrogens is 380 g/mol. The summed E-state index contributed by atoms with van der Waals surface area (Å²) < 4.78 is 6.90. The molecule has 0 saturated heterocycles. The summed E-state index contributed by atoms with van der Waals surface area (Å²) in [6, 6.07) is 19.1. The monoisotopic (exact) mass is 402 g/mol. The number of fused-ring (bicyclic) bond motifs is 1. The molecule has 152 valence electrons. The van der Waals surface area contributed by atoms with Gasteiger partial charge >= 0.3 is 0 Å². The molecule has 7 nitrogen and oxygen atoms in total. The van der Waals surface area contributed by atoms with Gasteiger partial charge in [0, 0.05) is 23.9 Å². The van der Waals surface area contributed by atoms with E-state index in [0.29, 0.717) is 42.0 Å². The molecule has 0 spiro atoms. The number of H-pyrrole nitrogens is 1. The number of rotatable bonds is 7. The van der Waals surface area contributed by atoms with E-state index in [-0.39, 0.29) is 11.5 Å². The number of nitrogens with zero attached hydrogens (tertiary/aromatic N) is 2. The van der Waals surface area contributed by atoms with E-state index in [0.717, 1.165) is 11.3 Å². The average molecular weight is 402 g/mol. The number of benzene rings is 2. The number of aryl methyl sites for hydroxylation is 1. The predicted octanol–water partition coefficient (Wildman–Crippen LogP) is 2.73. The van der Waals surface area contributed by atoms with Crippen LogP contribution < -0.4 is 15.6 Å². The lowest BCUT2D eigenvalue weighted by Gasteiger charge is -2.08. The van der Waals surface area contributed by atoms with Crippen molar-refractivity contribution >= 4 is 11.6 Å². The van der Waals surface area contributed by atoms with Crippen molar-refractivity contribution in [2.75, 3.05) is 13.2 Å². The third kappa shape index (κ3) is 4.10. The summed E-state index contributed by atoms with van der Waals surface area (Å²) in [7, 11) is 0. The van der Waals surface area contributed by atoms with Crippen LogP contribution in [0.15, 0.2) is 71.7 Å². The Morgan fingerprint density at radius 1 is 1.10 bits per heavy atom. The molecule has 0 radical (unpaired) electrons. The summed E-state index contributed by atoms with van der Waals surface area (Å²) in [6.07, 6.45) is 1.99. The summed E-state index contributed by atoms with van der Waals surface area (Å²) >= 11 is 0. The Morgan fingerprint density at radius 2 is 1.80 bits per heavy atom. The second kappa shape index (κ2) is 8.65. The van der Waals surface area contributed by atoms with Crippen molar-refractivity contribution in [2.24, 2.45) is 0 Å².